The first-order valence-electron chi connectivity index (χ1n) is 7.13. The van der Waals surface area contributed by atoms with E-state index in [0.29, 0.717) is 5.92 Å². The molecule has 0 unspecified atom stereocenters. The molecule has 0 aromatic heterocycles. The van der Waals surface area contributed by atoms with Gasteiger partial charge in [0.2, 0.25) is 0 Å². The average Bonchev–Trinajstić information content (AvgIpc) is 2.84. The summed E-state index contributed by atoms with van der Waals surface area (Å²) < 4.78 is 16.9. The fourth-order valence-electron chi connectivity index (χ4n) is 2.93. The number of fused-ring (bicyclic) bond motifs is 1. The van der Waals surface area contributed by atoms with Crippen molar-refractivity contribution in [1.82, 2.24) is 0 Å². The van der Waals surface area contributed by atoms with E-state index in [0.717, 1.165) is 22.8 Å². The van der Waals surface area contributed by atoms with Crippen LogP contribution in [0.4, 0.5) is 0 Å². The molecule has 0 radical (unpaired) electrons. The van der Waals surface area contributed by atoms with Gasteiger partial charge in [-0.2, -0.15) is 0 Å². The molecule has 0 spiro atoms. The monoisotopic (exact) mass is 284 g/mol. The normalized spacial score (nSPS) is 19.8. The molecule has 2 aromatic carbocycles. The summed E-state index contributed by atoms with van der Waals surface area (Å²) in [6.07, 6.45) is 0.0154. The lowest BCUT2D eigenvalue weighted by molar-refractivity contribution is 0.208. The summed E-state index contributed by atoms with van der Waals surface area (Å²) in [5, 5.41) is 0. The van der Waals surface area contributed by atoms with Crippen molar-refractivity contribution in [3.05, 3.63) is 53.1 Å². The lowest BCUT2D eigenvalue weighted by Crippen LogP contribution is -2.07. The van der Waals surface area contributed by atoms with Crippen LogP contribution in [0.1, 0.15) is 35.6 Å². The Morgan fingerprint density at radius 3 is 2.33 bits per heavy atom. The number of rotatable bonds is 3. The van der Waals surface area contributed by atoms with Gasteiger partial charge in [0, 0.05) is 11.5 Å². The second kappa shape index (κ2) is 5.32. The third kappa shape index (κ3) is 2.33. The molecule has 21 heavy (non-hydrogen) atoms. The minimum atomic E-state index is 0.0154. The predicted octanol–water partition coefficient (Wildman–Crippen LogP) is 4.25. The van der Waals surface area contributed by atoms with Gasteiger partial charge in [0.25, 0.3) is 0 Å². The minimum Gasteiger partial charge on any atom is -0.497 e. The van der Waals surface area contributed by atoms with Gasteiger partial charge in [0.05, 0.1) is 14.2 Å². The highest BCUT2D eigenvalue weighted by Gasteiger charge is 2.34. The molecule has 3 nitrogen and oxygen atoms in total. The summed E-state index contributed by atoms with van der Waals surface area (Å²) in [6.45, 7) is 4.27. The van der Waals surface area contributed by atoms with Crippen LogP contribution in [0, 0.1) is 6.92 Å². The topological polar surface area (TPSA) is 27.7 Å². The number of hydrogen-bond acceptors (Lipinski definition) is 3. The van der Waals surface area contributed by atoms with E-state index in [9.17, 15) is 0 Å². The Morgan fingerprint density at radius 2 is 1.71 bits per heavy atom. The Kier molecular flexibility index (Phi) is 3.50. The first-order chi connectivity index (χ1) is 10.1. The largest absolute Gasteiger partial charge is 0.497 e. The van der Waals surface area contributed by atoms with Gasteiger partial charge in [0.15, 0.2) is 11.5 Å². The van der Waals surface area contributed by atoms with E-state index in [2.05, 4.69) is 32.0 Å². The maximum atomic E-state index is 6.19. The lowest BCUT2D eigenvalue weighted by atomic mass is 9.92. The van der Waals surface area contributed by atoms with Gasteiger partial charge in [-0.05, 0) is 36.2 Å². The third-order valence-electron chi connectivity index (χ3n) is 4.08. The van der Waals surface area contributed by atoms with Crippen LogP contribution < -0.4 is 14.2 Å². The molecular formula is C18H20O3. The Labute approximate surface area is 125 Å². The first-order valence-corrected chi connectivity index (χ1v) is 7.13. The number of ether oxygens (including phenoxy) is 3. The average molecular weight is 284 g/mol. The van der Waals surface area contributed by atoms with Gasteiger partial charge in [-0.25, -0.2) is 0 Å². The van der Waals surface area contributed by atoms with Crippen LogP contribution >= 0.6 is 0 Å². The van der Waals surface area contributed by atoms with Crippen molar-refractivity contribution in [1.29, 1.82) is 0 Å². The summed E-state index contributed by atoms with van der Waals surface area (Å²) in [5.74, 6) is 2.84. The summed E-state index contributed by atoms with van der Waals surface area (Å²) in [6, 6.07) is 12.3. The second-order valence-electron chi connectivity index (χ2n) is 5.49. The van der Waals surface area contributed by atoms with Crippen LogP contribution in [-0.2, 0) is 0 Å². The number of aryl methyl sites for hydroxylation is 1. The first kappa shape index (κ1) is 13.8. The van der Waals surface area contributed by atoms with Crippen LogP contribution in [0.5, 0.6) is 17.2 Å². The minimum absolute atomic E-state index is 0.0154. The fourth-order valence-corrected chi connectivity index (χ4v) is 2.93. The Morgan fingerprint density at radius 1 is 1.00 bits per heavy atom. The van der Waals surface area contributed by atoms with E-state index in [-0.39, 0.29) is 6.10 Å². The zero-order chi connectivity index (χ0) is 15.0. The molecule has 0 bridgehead atoms. The van der Waals surface area contributed by atoms with E-state index < -0.39 is 0 Å². The Bertz CT molecular complexity index is 646. The molecular weight excluding hydrogens is 264 g/mol. The summed E-state index contributed by atoms with van der Waals surface area (Å²) in [4.78, 5) is 0. The van der Waals surface area contributed by atoms with Gasteiger partial charge in [-0.3, -0.25) is 0 Å². The van der Waals surface area contributed by atoms with Crippen LogP contribution in [0.25, 0.3) is 0 Å². The maximum absolute atomic E-state index is 6.19. The molecule has 0 fully saturated rings. The molecule has 0 amide bonds. The molecule has 0 aliphatic carbocycles. The molecule has 1 aliphatic rings. The molecule has 2 atom stereocenters. The van der Waals surface area contributed by atoms with Gasteiger partial charge in [-0.1, -0.05) is 25.1 Å². The summed E-state index contributed by atoms with van der Waals surface area (Å²) >= 11 is 0. The van der Waals surface area contributed by atoms with E-state index in [1.165, 1.54) is 11.1 Å². The molecule has 0 saturated heterocycles. The van der Waals surface area contributed by atoms with Gasteiger partial charge < -0.3 is 14.2 Å². The standard InChI is InChI=1S/C18H20O3/c1-11-9-15-12(2)17(21-18(15)16(10-11)20-4)13-5-7-14(19-3)8-6-13/h5-10,12,17H,1-4H3/t12-,17-/m0/s1. The van der Waals surface area contributed by atoms with Crippen LogP contribution in [0.3, 0.4) is 0 Å². The van der Waals surface area contributed by atoms with E-state index in [4.69, 9.17) is 14.2 Å². The van der Waals surface area contributed by atoms with Crippen LogP contribution in [-0.4, -0.2) is 14.2 Å². The molecule has 3 rings (SSSR count). The lowest BCUT2D eigenvalue weighted by Gasteiger charge is -2.16. The van der Waals surface area contributed by atoms with Crippen LogP contribution in [0.15, 0.2) is 36.4 Å². The highest BCUT2D eigenvalue weighted by molar-refractivity contribution is 5.54. The molecule has 1 aliphatic heterocycles. The number of hydrogen-bond donors (Lipinski definition) is 0. The van der Waals surface area contributed by atoms with Crippen molar-refractivity contribution < 1.29 is 14.2 Å². The SMILES string of the molecule is COc1ccc([C@H]2Oc3c(OC)cc(C)cc3[C@@H]2C)cc1. The van der Waals surface area contributed by atoms with Crippen molar-refractivity contribution in [2.75, 3.05) is 14.2 Å². The van der Waals surface area contributed by atoms with Crippen molar-refractivity contribution in [3.63, 3.8) is 0 Å². The predicted molar refractivity (Wildman–Crippen MR) is 82.5 cm³/mol. The van der Waals surface area contributed by atoms with E-state index in [1.54, 1.807) is 14.2 Å². The molecule has 2 aromatic rings. The zero-order valence-corrected chi connectivity index (χ0v) is 12.8. The van der Waals surface area contributed by atoms with Gasteiger partial charge >= 0.3 is 0 Å². The van der Waals surface area contributed by atoms with Crippen molar-refractivity contribution in [3.8, 4) is 17.2 Å². The molecule has 0 saturated carbocycles. The van der Waals surface area contributed by atoms with Crippen molar-refractivity contribution >= 4 is 0 Å². The number of methoxy groups -OCH3 is 2. The van der Waals surface area contributed by atoms with Crippen LogP contribution in [0.2, 0.25) is 0 Å². The van der Waals surface area contributed by atoms with E-state index in [1.807, 2.05) is 18.2 Å². The Hall–Kier alpha value is -2.16. The molecule has 3 heteroatoms. The smallest absolute Gasteiger partial charge is 0.165 e. The van der Waals surface area contributed by atoms with Crippen molar-refractivity contribution in [2.24, 2.45) is 0 Å². The molecule has 0 N–H and O–H groups in total. The van der Waals surface area contributed by atoms with Crippen molar-refractivity contribution in [2.45, 2.75) is 25.9 Å². The highest BCUT2D eigenvalue weighted by Crippen LogP contribution is 2.50. The van der Waals surface area contributed by atoms with Gasteiger partial charge in [-0.15, -0.1) is 0 Å². The fraction of sp³-hybridized carbons (Fsp3) is 0.333. The summed E-state index contributed by atoms with van der Waals surface area (Å²) in [7, 11) is 3.36. The molecule has 110 valence electrons. The zero-order valence-electron chi connectivity index (χ0n) is 12.8. The molecule has 1 heterocycles. The second-order valence-corrected chi connectivity index (χ2v) is 5.49. The summed E-state index contributed by atoms with van der Waals surface area (Å²) in [5.41, 5.74) is 3.56. The maximum Gasteiger partial charge on any atom is 0.165 e. The number of benzene rings is 2. The Balaban J connectivity index is 1.97. The third-order valence-corrected chi connectivity index (χ3v) is 4.08. The highest BCUT2D eigenvalue weighted by atomic mass is 16.5. The quantitative estimate of drug-likeness (QED) is 0.843. The van der Waals surface area contributed by atoms with E-state index >= 15 is 0 Å². The van der Waals surface area contributed by atoms with Gasteiger partial charge in [0.1, 0.15) is 11.9 Å².